The molecular formula is C26H31F3N6O4. The molecule has 1 spiro atoms. The van der Waals surface area contributed by atoms with Gasteiger partial charge in [-0.1, -0.05) is 0 Å². The number of β-amino-alcohol motifs (C(OH)–C–C–N with tert-alkyl or cyclic N) is 1. The van der Waals surface area contributed by atoms with E-state index in [9.17, 15) is 19.1 Å². The first-order valence-electron chi connectivity index (χ1n) is 13.1. The Hall–Kier alpha value is -3.19. The minimum absolute atomic E-state index is 0.0819. The monoisotopic (exact) mass is 548 g/mol. The molecule has 3 unspecified atom stereocenters. The maximum atomic E-state index is 15.3. The van der Waals surface area contributed by atoms with E-state index in [2.05, 4.69) is 15.2 Å². The van der Waals surface area contributed by atoms with Gasteiger partial charge in [-0.3, -0.25) is 19.6 Å². The molecular weight excluding hydrogens is 517 g/mol. The van der Waals surface area contributed by atoms with Crippen LogP contribution in [0.5, 0.6) is 5.88 Å². The van der Waals surface area contributed by atoms with Gasteiger partial charge >= 0.3 is 0 Å². The van der Waals surface area contributed by atoms with Gasteiger partial charge in [-0.25, -0.2) is 18.2 Å². The standard InChI is InChI=1S/C26H31F3N6O4/c1-39-21-6-15(18(27)10-31-21)19-7-20(33-32-19)23(37)35-5-2-14(22(30)36)8-25(35)9-16(25)17-11-34(13-26(17,28)29)12-24(38)3-4-24/h6-7,10,14,16-17,38H,2-5,8-9,11-13H2,1H3,(H2,30,36)(H,32,33)/t14?,16?,17-,25?/m0/s1. The van der Waals surface area contributed by atoms with Gasteiger partial charge in [0.15, 0.2) is 5.82 Å². The normalized spacial score (nSPS) is 30.9. The Morgan fingerprint density at radius 3 is 2.72 bits per heavy atom. The minimum Gasteiger partial charge on any atom is -0.481 e. The Balaban J connectivity index is 1.26. The van der Waals surface area contributed by atoms with Crippen molar-refractivity contribution in [1.29, 1.82) is 0 Å². The largest absolute Gasteiger partial charge is 0.481 e. The Morgan fingerprint density at radius 2 is 2.03 bits per heavy atom. The molecule has 13 heteroatoms. The van der Waals surface area contributed by atoms with E-state index in [0.717, 1.165) is 6.20 Å². The van der Waals surface area contributed by atoms with Crippen molar-refractivity contribution in [2.75, 3.05) is 33.3 Å². The summed E-state index contributed by atoms with van der Waals surface area (Å²) in [4.78, 5) is 32.8. The fraction of sp³-hybridized carbons (Fsp3) is 0.615. The van der Waals surface area contributed by atoms with Crippen LogP contribution in [-0.4, -0.2) is 92.3 Å². The Morgan fingerprint density at radius 1 is 1.26 bits per heavy atom. The Kier molecular flexibility index (Phi) is 5.96. The lowest BCUT2D eigenvalue weighted by Crippen LogP contribution is -2.52. The van der Waals surface area contributed by atoms with E-state index in [1.54, 1.807) is 9.80 Å². The smallest absolute Gasteiger partial charge is 0.272 e. The third kappa shape index (κ3) is 4.54. The molecule has 4 N–H and O–H groups in total. The third-order valence-electron chi connectivity index (χ3n) is 8.98. The first kappa shape index (κ1) is 26.1. The zero-order chi connectivity index (χ0) is 27.7. The summed E-state index contributed by atoms with van der Waals surface area (Å²) < 4.78 is 50.1. The number of aromatic nitrogens is 3. The number of ether oxygens (including phenoxy) is 1. The summed E-state index contributed by atoms with van der Waals surface area (Å²) in [6, 6.07) is 2.77. The number of hydrogen-bond donors (Lipinski definition) is 3. The number of aliphatic hydroxyl groups is 1. The second-order valence-electron chi connectivity index (χ2n) is 11.6. The first-order chi connectivity index (χ1) is 18.4. The number of alkyl halides is 2. The molecule has 2 aromatic heterocycles. The molecule has 0 radical (unpaired) electrons. The molecule has 2 amide bonds. The molecule has 2 aliphatic heterocycles. The fourth-order valence-corrected chi connectivity index (χ4v) is 6.67. The third-order valence-corrected chi connectivity index (χ3v) is 8.98. The van der Waals surface area contributed by atoms with E-state index in [-0.39, 0.29) is 48.9 Å². The molecule has 4 aliphatic rings. The molecule has 2 saturated heterocycles. The van der Waals surface area contributed by atoms with E-state index < -0.39 is 59.0 Å². The van der Waals surface area contributed by atoms with Gasteiger partial charge in [-0.15, -0.1) is 0 Å². The van der Waals surface area contributed by atoms with Crippen LogP contribution in [0, 0.1) is 23.6 Å². The minimum atomic E-state index is -2.99. The van der Waals surface area contributed by atoms with E-state index in [1.807, 2.05) is 0 Å². The van der Waals surface area contributed by atoms with Crippen molar-refractivity contribution in [3.05, 3.63) is 29.8 Å². The number of aromatic amines is 1. The van der Waals surface area contributed by atoms with Gasteiger partial charge in [-0.05, 0) is 44.1 Å². The lowest BCUT2D eigenvalue weighted by Gasteiger charge is -2.41. The van der Waals surface area contributed by atoms with Crippen LogP contribution in [0.25, 0.3) is 11.3 Å². The Bertz CT molecular complexity index is 1320. The first-order valence-corrected chi connectivity index (χ1v) is 13.1. The van der Waals surface area contributed by atoms with Gasteiger partial charge in [0, 0.05) is 48.6 Å². The summed E-state index contributed by atoms with van der Waals surface area (Å²) in [5.74, 6) is -6.48. The van der Waals surface area contributed by atoms with Crippen molar-refractivity contribution >= 4 is 11.8 Å². The number of carbonyl (C=O) groups is 2. The predicted octanol–water partition coefficient (Wildman–Crippen LogP) is 1.81. The van der Waals surface area contributed by atoms with Crippen molar-refractivity contribution in [1.82, 2.24) is 25.0 Å². The average molecular weight is 549 g/mol. The van der Waals surface area contributed by atoms with Gasteiger partial charge in [0.25, 0.3) is 11.8 Å². The lowest BCUT2D eigenvalue weighted by atomic mass is 9.84. The van der Waals surface area contributed by atoms with Crippen LogP contribution in [0.3, 0.4) is 0 Å². The second kappa shape index (κ2) is 8.91. The molecule has 2 aliphatic carbocycles. The highest BCUT2D eigenvalue weighted by molar-refractivity contribution is 5.94. The zero-order valence-electron chi connectivity index (χ0n) is 21.5. The van der Waals surface area contributed by atoms with Crippen LogP contribution >= 0.6 is 0 Å². The number of amides is 2. The molecule has 0 aromatic carbocycles. The van der Waals surface area contributed by atoms with Gasteiger partial charge in [0.1, 0.15) is 5.69 Å². The Labute approximate surface area is 222 Å². The summed E-state index contributed by atoms with van der Waals surface area (Å²) >= 11 is 0. The lowest BCUT2D eigenvalue weighted by molar-refractivity contribution is -0.124. The topological polar surface area (TPSA) is 138 Å². The fourth-order valence-electron chi connectivity index (χ4n) is 6.67. The summed E-state index contributed by atoms with van der Waals surface area (Å²) in [5.41, 5.74) is 4.13. The number of nitrogens with zero attached hydrogens (tertiary/aromatic N) is 4. The summed E-state index contributed by atoms with van der Waals surface area (Å²) in [5, 5.41) is 17.0. The number of primary amides is 1. The summed E-state index contributed by atoms with van der Waals surface area (Å²) in [7, 11) is 1.39. The van der Waals surface area contributed by atoms with Crippen LogP contribution in [0.1, 0.15) is 42.6 Å². The second-order valence-corrected chi connectivity index (χ2v) is 11.6. The number of halogens is 3. The maximum absolute atomic E-state index is 15.3. The highest BCUT2D eigenvalue weighted by Gasteiger charge is 2.70. The van der Waals surface area contributed by atoms with Gasteiger partial charge in [0.2, 0.25) is 11.8 Å². The highest BCUT2D eigenvalue weighted by Crippen LogP contribution is 2.62. The number of nitrogens with two attached hydrogens (primary N) is 1. The summed E-state index contributed by atoms with van der Waals surface area (Å²) in [6.45, 7) is 0.0576. The molecule has 210 valence electrons. The van der Waals surface area contributed by atoms with Crippen molar-refractivity contribution < 1.29 is 32.6 Å². The number of rotatable bonds is 7. The van der Waals surface area contributed by atoms with E-state index in [1.165, 1.54) is 19.2 Å². The average Bonchev–Trinajstić information content (AvgIpc) is 3.67. The van der Waals surface area contributed by atoms with Crippen LogP contribution in [0.15, 0.2) is 18.3 Å². The zero-order valence-corrected chi connectivity index (χ0v) is 21.5. The number of hydrogen-bond acceptors (Lipinski definition) is 7. The van der Waals surface area contributed by atoms with Gasteiger partial charge in [-0.2, -0.15) is 5.10 Å². The van der Waals surface area contributed by atoms with Crippen molar-refractivity contribution in [3.8, 4) is 17.1 Å². The number of carbonyl (C=O) groups excluding carboxylic acids is 2. The molecule has 0 bridgehead atoms. The van der Waals surface area contributed by atoms with Crippen LogP contribution in [0.4, 0.5) is 13.2 Å². The number of methoxy groups -OCH3 is 1. The molecule has 2 saturated carbocycles. The van der Waals surface area contributed by atoms with E-state index in [4.69, 9.17) is 10.5 Å². The van der Waals surface area contributed by atoms with Crippen molar-refractivity contribution in [3.63, 3.8) is 0 Å². The van der Waals surface area contributed by atoms with E-state index >= 15 is 8.78 Å². The predicted molar refractivity (Wildman–Crippen MR) is 131 cm³/mol. The molecule has 4 fully saturated rings. The molecule has 2 aromatic rings. The van der Waals surface area contributed by atoms with Crippen LogP contribution < -0.4 is 10.5 Å². The quantitative estimate of drug-likeness (QED) is 0.480. The van der Waals surface area contributed by atoms with Gasteiger partial charge in [0.05, 0.1) is 31.1 Å². The van der Waals surface area contributed by atoms with Crippen LogP contribution in [-0.2, 0) is 4.79 Å². The number of piperidine rings is 1. The van der Waals surface area contributed by atoms with Crippen molar-refractivity contribution in [2.24, 2.45) is 23.5 Å². The molecule has 4 atom stereocenters. The molecule has 10 nitrogen and oxygen atoms in total. The number of nitrogens with one attached hydrogen (secondary N) is 1. The molecule has 6 rings (SSSR count). The summed E-state index contributed by atoms with van der Waals surface area (Å²) in [6.07, 6.45) is 3.09. The van der Waals surface area contributed by atoms with Crippen molar-refractivity contribution in [2.45, 2.75) is 49.2 Å². The van der Waals surface area contributed by atoms with Gasteiger partial charge < -0.3 is 20.5 Å². The molecule has 39 heavy (non-hydrogen) atoms. The van der Waals surface area contributed by atoms with Crippen LogP contribution in [0.2, 0.25) is 0 Å². The maximum Gasteiger partial charge on any atom is 0.272 e. The SMILES string of the molecule is COc1cc(-c2cc(C(=O)N3CCC(C(N)=O)CC34CC4[C@@H]3CN(CC4(O)CC4)CC3(F)F)[nH]n2)c(F)cn1. The molecule has 4 heterocycles. The highest BCUT2D eigenvalue weighted by atomic mass is 19.3. The number of H-pyrrole nitrogens is 1. The van der Waals surface area contributed by atoms with E-state index in [0.29, 0.717) is 25.7 Å². The number of pyridine rings is 1. The number of likely N-dealkylation sites (tertiary alicyclic amines) is 2.